The third-order valence-corrected chi connectivity index (χ3v) is 3.39. The fourth-order valence-corrected chi connectivity index (χ4v) is 2.05. The minimum atomic E-state index is -0.174. The van der Waals surface area contributed by atoms with Crippen LogP contribution < -0.4 is 14.8 Å². The topological polar surface area (TPSA) is 67.8 Å². The SMILES string of the molecule is COc1ccc(C(=O)NCC(C)(C)CCCO)c(OC)c1. The largest absolute Gasteiger partial charge is 0.497 e. The minimum Gasteiger partial charge on any atom is -0.497 e. The molecule has 5 heteroatoms. The molecule has 0 atom stereocenters. The van der Waals surface area contributed by atoms with Gasteiger partial charge in [-0.3, -0.25) is 4.79 Å². The lowest BCUT2D eigenvalue weighted by atomic mass is 9.88. The molecule has 0 fully saturated rings. The summed E-state index contributed by atoms with van der Waals surface area (Å²) in [6, 6.07) is 5.11. The van der Waals surface area contributed by atoms with Crippen molar-refractivity contribution >= 4 is 5.91 Å². The molecule has 1 rings (SSSR count). The first kappa shape index (κ1) is 17.3. The number of hydrogen-bond donors (Lipinski definition) is 2. The molecular weight excluding hydrogens is 270 g/mol. The number of methoxy groups -OCH3 is 2. The molecule has 2 N–H and O–H groups in total. The summed E-state index contributed by atoms with van der Waals surface area (Å²) in [5, 5.41) is 11.8. The number of aliphatic hydroxyl groups excluding tert-OH is 1. The maximum absolute atomic E-state index is 12.3. The van der Waals surface area contributed by atoms with Crippen molar-refractivity contribution in [1.29, 1.82) is 0 Å². The van der Waals surface area contributed by atoms with Crippen molar-refractivity contribution in [3.8, 4) is 11.5 Å². The van der Waals surface area contributed by atoms with E-state index in [9.17, 15) is 4.79 Å². The van der Waals surface area contributed by atoms with E-state index in [1.807, 2.05) is 0 Å². The van der Waals surface area contributed by atoms with E-state index >= 15 is 0 Å². The summed E-state index contributed by atoms with van der Waals surface area (Å²) < 4.78 is 10.3. The van der Waals surface area contributed by atoms with Crippen molar-refractivity contribution in [2.24, 2.45) is 5.41 Å². The van der Waals surface area contributed by atoms with E-state index in [1.165, 1.54) is 7.11 Å². The molecule has 0 aliphatic heterocycles. The Labute approximate surface area is 126 Å². The summed E-state index contributed by atoms with van der Waals surface area (Å²) in [7, 11) is 3.09. The predicted octanol–water partition coefficient (Wildman–Crippen LogP) is 2.23. The number of benzene rings is 1. The molecule has 21 heavy (non-hydrogen) atoms. The van der Waals surface area contributed by atoms with Gasteiger partial charge in [-0.1, -0.05) is 13.8 Å². The van der Waals surface area contributed by atoms with Crippen LogP contribution in [0.2, 0.25) is 0 Å². The lowest BCUT2D eigenvalue weighted by molar-refractivity contribution is 0.0930. The number of carbonyl (C=O) groups excluding carboxylic acids is 1. The van der Waals surface area contributed by atoms with Gasteiger partial charge in [0.2, 0.25) is 0 Å². The van der Waals surface area contributed by atoms with E-state index < -0.39 is 0 Å². The van der Waals surface area contributed by atoms with Gasteiger partial charge < -0.3 is 19.9 Å². The van der Waals surface area contributed by atoms with Gasteiger partial charge in [-0.15, -0.1) is 0 Å². The van der Waals surface area contributed by atoms with Crippen LogP contribution in [0.3, 0.4) is 0 Å². The lowest BCUT2D eigenvalue weighted by Crippen LogP contribution is -2.34. The van der Waals surface area contributed by atoms with Crippen LogP contribution in [-0.2, 0) is 0 Å². The zero-order chi connectivity index (χ0) is 15.9. The molecule has 0 heterocycles. The van der Waals surface area contributed by atoms with E-state index in [4.69, 9.17) is 14.6 Å². The highest BCUT2D eigenvalue weighted by molar-refractivity contribution is 5.97. The van der Waals surface area contributed by atoms with Gasteiger partial charge in [0.05, 0.1) is 19.8 Å². The first-order chi connectivity index (χ1) is 9.93. The molecule has 0 aromatic heterocycles. The molecule has 0 unspecified atom stereocenters. The van der Waals surface area contributed by atoms with Crippen molar-refractivity contribution in [2.75, 3.05) is 27.4 Å². The molecule has 5 nitrogen and oxygen atoms in total. The molecule has 0 spiro atoms. The summed E-state index contributed by atoms with van der Waals surface area (Å²) in [5.74, 6) is 0.957. The summed E-state index contributed by atoms with van der Waals surface area (Å²) >= 11 is 0. The zero-order valence-corrected chi connectivity index (χ0v) is 13.2. The first-order valence-electron chi connectivity index (χ1n) is 7.04. The number of amides is 1. The van der Waals surface area contributed by atoms with Gasteiger partial charge in [0, 0.05) is 19.2 Å². The van der Waals surface area contributed by atoms with Crippen molar-refractivity contribution in [1.82, 2.24) is 5.32 Å². The van der Waals surface area contributed by atoms with Gasteiger partial charge in [-0.25, -0.2) is 0 Å². The number of aliphatic hydroxyl groups is 1. The summed E-state index contributed by atoms with van der Waals surface area (Å²) in [4.78, 5) is 12.3. The second-order valence-electron chi connectivity index (χ2n) is 5.74. The minimum absolute atomic E-state index is 0.0574. The van der Waals surface area contributed by atoms with E-state index in [-0.39, 0.29) is 17.9 Å². The number of rotatable bonds is 8. The van der Waals surface area contributed by atoms with Gasteiger partial charge in [-0.2, -0.15) is 0 Å². The molecule has 0 aliphatic rings. The smallest absolute Gasteiger partial charge is 0.255 e. The highest BCUT2D eigenvalue weighted by Crippen LogP contribution is 2.25. The molecule has 1 amide bonds. The zero-order valence-electron chi connectivity index (χ0n) is 13.2. The monoisotopic (exact) mass is 295 g/mol. The molecule has 0 saturated heterocycles. The van der Waals surface area contributed by atoms with Crippen molar-refractivity contribution in [3.63, 3.8) is 0 Å². The summed E-state index contributed by atoms with van der Waals surface area (Å²) in [6.07, 6.45) is 1.58. The standard InChI is InChI=1S/C16H25NO4/c1-16(2,8-5-9-18)11-17-15(19)13-7-6-12(20-3)10-14(13)21-4/h6-7,10,18H,5,8-9,11H2,1-4H3,(H,17,19). The summed E-state index contributed by atoms with van der Waals surface area (Å²) in [5.41, 5.74) is 0.425. The van der Waals surface area contributed by atoms with Crippen LogP contribution in [0.5, 0.6) is 11.5 Å². The average Bonchev–Trinajstić information content (AvgIpc) is 2.50. The van der Waals surface area contributed by atoms with Crippen LogP contribution in [0.4, 0.5) is 0 Å². The normalized spacial score (nSPS) is 11.1. The Hall–Kier alpha value is -1.75. The van der Waals surface area contributed by atoms with Gasteiger partial charge in [0.25, 0.3) is 5.91 Å². The Morgan fingerprint density at radius 2 is 2.00 bits per heavy atom. The number of hydrogen-bond acceptors (Lipinski definition) is 4. The molecule has 0 radical (unpaired) electrons. The fraction of sp³-hybridized carbons (Fsp3) is 0.562. The van der Waals surface area contributed by atoms with Crippen LogP contribution in [0.25, 0.3) is 0 Å². The Balaban J connectivity index is 2.71. The van der Waals surface area contributed by atoms with E-state index in [2.05, 4.69) is 19.2 Å². The van der Waals surface area contributed by atoms with Gasteiger partial charge in [0.15, 0.2) is 0 Å². The van der Waals surface area contributed by atoms with Crippen molar-refractivity contribution in [3.05, 3.63) is 23.8 Å². The van der Waals surface area contributed by atoms with Gasteiger partial charge in [-0.05, 0) is 30.4 Å². The molecule has 0 bridgehead atoms. The molecular formula is C16H25NO4. The number of ether oxygens (including phenoxy) is 2. The van der Waals surface area contributed by atoms with Crippen LogP contribution in [0.15, 0.2) is 18.2 Å². The fourth-order valence-electron chi connectivity index (χ4n) is 2.05. The third-order valence-electron chi connectivity index (χ3n) is 3.39. The highest BCUT2D eigenvalue weighted by Gasteiger charge is 2.20. The maximum atomic E-state index is 12.3. The molecule has 118 valence electrons. The van der Waals surface area contributed by atoms with E-state index in [1.54, 1.807) is 25.3 Å². The van der Waals surface area contributed by atoms with Crippen LogP contribution in [0.1, 0.15) is 37.0 Å². The van der Waals surface area contributed by atoms with E-state index in [0.29, 0.717) is 23.6 Å². The van der Waals surface area contributed by atoms with Crippen molar-refractivity contribution in [2.45, 2.75) is 26.7 Å². The Morgan fingerprint density at radius 3 is 2.57 bits per heavy atom. The van der Waals surface area contributed by atoms with E-state index in [0.717, 1.165) is 12.8 Å². The Kier molecular flexibility index (Phi) is 6.49. The number of nitrogens with one attached hydrogen (secondary N) is 1. The average molecular weight is 295 g/mol. The first-order valence-corrected chi connectivity index (χ1v) is 7.04. The third kappa shape index (κ3) is 5.27. The molecule has 0 saturated carbocycles. The second-order valence-corrected chi connectivity index (χ2v) is 5.74. The quantitative estimate of drug-likeness (QED) is 0.772. The van der Waals surface area contributed by atoms with Crippen molar-refractivity contribution < 1.29 is 19.4 Å². The summed E-state index contributed by atoms with van der Waals surface area (Å²) in [6.45, 7) is 4.84. The predicted molar refractivity (Wildman–Crippen MR) is 82.0 cm³/mol. The Morgan fingerprint density at radius 1 is 1.29 bits per heavy atom. The van der Waals surface area contributed by atoms with Crippen LogP contribution >= 0.6 is 0 Å². The second kappa shape index (κ2) is 7.88. The van der Waals surface area contributed by atoms with Crippen LogP contribution in [-0.4, -0.2) is 38.4 Å². The molecule has 1 aromatic rings. The van der Waals surface area contributed by atoms with Crippen LogP contribution in [0, 0.1) is 5.41 Å². The molecule has 1 aromatic carbocycles. The Bertz CT molecular complexity index is 471. The highest BCUT2D eigenvalue weighted by atomic mass is 16.5. The van der Waals surface area contributed by atoms with Gasteiger partial charge in [0.1, 0.15) is 11.5 Å². The molecule has 0 aliphatic carbocycles. The number of carbonyl (C=O) groups is 1. The maximum Gasteiger partial charge on any atom is 0.255 e. The lowest BCUT2D eigenvalue weighted by Gasteiger charge is -2.24. The van der Waals surface area contributed by atoms with Gasteiger partial charge >= 0.3 is 0 Å².